The van der Waals surface area contributed by atoms with E-state index in [4.69, 9.17) is 0 Å². The predicted octanol–water partition coefficient (Wildman–Crippen LogP) is 3.53. The summed E-state index contributed by atoms with van der Waals surface area (Å²) in [4.78, 5) is 0. The first kappa shape index (κ1) is 16.5. The number of hydrogen-bond donors (Lipinski definition) is 1. The van der Waals surface area contributed by atoms with Crippen LogP contribution >= 0.6 is 15.9 Å². The molecule has 0 atom stereocenters. The Labute approximate surface area is 156 Å². The molecule has 26 heavy (non-hydrogen) atoms. The van der Waals surface area contributed by atoms with Crippen molar-refractivity contribution in [3.8, 4) is 5.69 Å². The van der Waals surface area contributed by atoms with Crippen LogP contribution in [0.2, 0.25) is 0 Å². The number of nitrogens with zero attached hydrogens (tertiary/aromatic N) is 5. The average molecular weight is 419 g/mol. The van der Waals surface area contributed by atoms with Gasteiger partial charge < -0.3 is 0 Å². The number of anilines is 2. The minimum atomic E-state index is -0.375. The van der Waals surface area contributed by atoms with Crippen LogP contribution in [0.1, 0.15) is 0 Å². The molecule has 0 amide bonds. The normalized spacial score (nSPS) is 13.7. The first-order chi connectivity index (χ1) is 12.7. The van der Waals surface area contributed by atoms with Crippen LogP contribution < -0.4 is 15.6 Å². The zero-order valence-corrected chi connectivity index (χ0v) is 14.9. The monoisotopic (exact) mass is 418 g/mol. The highest BCUT2D eigenvalue weighted by Crippen LogP contribution is 2.28. The molecule has 1 aliphatic rings. The Morgan fingerprint density at radius 2 is 1.69 bits per heavy atom. The number of aromatic nitrogens is 3. The highest BCUT2D eigenvalue weighted by molar-refractivity contribution is 9.09. The Balaban J connectivity index is 1.76. The summed E-state index contributed by atoms with van der Waals surface area (Å²) in [5, 5.41) is 12.0. The Morgan fingerprint density at radius 1 is 1.00 bits per heavy atom. The molecule has 0 saturated carbocycles. The number of nitrogens with one attached hydrogen (secondary N) is 1. The first-order valence-corrected chi connectivity index (χ1v) is 8.82. The summed E-state index contributed by atoms with van der Waals surface area (Å²) in [7, 11) is 0. The second kappa shape index (κ2) is 6.75. The van der Waals surface area contributed by atoms with Crippen LogP contribution in [0.25, 0.3) is 5.69 Å². The molecule has 0 unspecified atom stereocenters. The molecular formula is C17H13BrF2N6. The van der Waals surface area contributed by atoms with Gasteiger partial charge in [-0.1, -0.05) is 33.3 Å². The Morgan fingerprint density at radius 3 is 2.38 bits per heavy atom. The van der Waals surface area contributed by atoms with Crippen molar-refractivity contribution in [2.24, 2.45) is 0 Å². The zero-order valence-electron chi connectivity index (χ0n) is 13.4. The molecule has 9 heteroatoms. The molecule has 1 aliphatic heterocycles. The van der Waals surface area contributed by atoms with Crippen LogP contribution in [-0.2, 0) is 0 Å². The largest absolute Gasteiger partial charge is 0.279 e. The zero-order chi connectivity index (χ0) is 18.1. The summed E-state index contributed by atoms with van der Waals surface area (Å²) in [5.41, 5.74) is 5.17. The fraction of sp³-hybridized carbons (Fsp3) is 0.0588. The lowest BCUT2D eigenvalue weighted by Crippen LogP contribution is -2.44. The van der Waals surface area contributed by atoms with Crippen molar-refractivity contribution in [3.63, 3.8) is 0 Å². The molecule has 132 valence electrons. The fourth-order valence-corrected chi connectivity index (χ4v) is 2.90. The summed E-state index contributed by atoms with van der Waals surface area (Å²) in [5.74, 6) is -0.188. The van der Waals surface area contributed by atoms with E-state index >= 15 is 0 Å². The van der Waals surface area contributed by atoms with Crippen molar-refractivity contribution >= 4 is 27.4 Å². The SMILES string of the molecule is Fc1cccc(N2C=C(CBr)NN2c2cnnn2-c2cccc(F)c2)c1. The quantitative estimate of drug-likeness (QED) is 0.656. The van der Waals surface area contributed by atoms with Crippen LogP contribution in [0.15, 0.2) is 66.6 Å². The molecule has 0 fully saturated rings. The van der Waals surface area contributed by atoms with Crippen LogP contribution in [0.4, 0.5) is 20.3 Å². The molecule has 0 saturated heterocycles. The average Bonchev–Trinajstić information content (AvgIpc) is 3.28. The van der Waals surface area contributed by atoms with Gasteiger partial charge in [0.05, 0.1) is 29.5 Å². The standard InChI is InChI=1S/C17H13BrF2N6/c18-9-14-11-24(15-5-1-3-12(19)7-15)26(22-14)17-10-21-23-25(17)16-6-2-4-13(20)8-16/h1-8,10-11,22H,9H2. The second-order valence-corrected chi connectivity index (χ2v) is 6.08. The summed E-state index contributed by atoms with van der Waals surface area (Å²) < 4.78 is 28.8. The molecule has 4 rings (SSSR count). The lowest BCUT2D eigenvalue weighted by molar-refractivity contribution is 0.622. The van der Waals surface area contributed by atoms with E-state index in [1.54, 1.807) is 34.4 Å². The van der Waals surface area contributed by atoms with Crippen molar-refractivity contribution in [3.05, 3.63) is 78.3 Å². The number of hydrogen-bond acceptors (Lipinski definition) is 5. The van der Waals surface area contributed by atoms with Crippen LogP contribution in [-0.4, -0.2) is 20.3 Å². The summed E-state index contributed by atoms with van der Waals surface area (Å²) >= 11 is 3.41. The molecule has 0 radical (unpaired) electrons. The summed E-state index contributed by atoms with van der Waals surface area (Å²) in [6, 6.07) is 12.2. The van der Waals surface area contributed by atoms with E-state index in [0.717, 1.165) is 5.70 Å². The van der Waals surface area contributed by atoms with Gasteiger partial charge in [-0.25, -0.2) is 13.8 Å². The fourth-order valence-electron chi connectivity index (χ4n) is 2.63. The van der Waals surface area contributed by atoms with E-state index in [9.17, 15) is 8.78 Å². The van der Waals surface area contributed by atoms with Crippen LogP contribution in [0.3, 0.4) is 0 Å². The van der Waals surface area contributed by atoms with Gasteiger partial charge in [0.15, 0.2) is 5.82 Å². The summed E-state index contributed by atoms with van der Waals surface area (Å²) in [6.07, 6.45) is 3.36. The van der Waals surface area contributed by atoms with E-state index < -0.39 is 0 Å². The number of alkyl halides is 1. The maximum atomic E-state index is 13.7. The molecule has 2 heterocycles. The van der Waals surface area contributed by atoms with Gasteiger partial charge in [-0.05, 0) is 36.4 Å². The number of halogens is 3. The van der Waals surface area contributed by atoms with E-state index in [0.29, 0.717) is 22.5 Å². The predicted molar refractivity (Wildman–Crippen MR) is 97.7 cm³/mol. The lowest BCUT2D eigenvalue weighted by Gasteiger charge is -2.29. The first-order valence-electron chi connectivity index (χ1n) is 7.70. The Bertz CT molecular complexity index is 973. The van der Waals surface area contributed by atoms with Crippen molar-refractivity contribution in [1.29, 1.82) is 0 Å². The van der Waals surface area contributed by atoms with Gasteiger partial charge in [0.2, 0.25) is 0 Å². The van der Waals surface area contributed by atoms with Gasteiger partial charge in [-0.3, -0.25) is 5.43 Å². The van der Waals surface area contributed by atoms with Crippen molar-refractivity contribution in [2.45, 2.75) is 0 Å². The maximum absolute atomic E-state index is 13.7. The van der Waals surface area contributed by atoms with Crippen molar-refractivity contribution in [1.82, 2.24) is 20.4 Å². The topological polar surface area (TPSA) is 49.2 Å². The van der Waals surface area contributed by atoms with E-state index in [1.807, 2.05) is 6.20 Å². The minimum absolute atomic E-state index is 0.347. The van der Waals surface area contributed by atoms with Crippen LogP contribution in [0, 0.1) is 11.6 Å². The van der Waals surface area contributed by atoms with E-state index in [2.05, 4.69) is 31.7 Å². The van der Waals surface area contributed by atoms with Gasteiger partial charge in [-0.2, -0.15) is 9.80 Å². The molecule has 3 aromatic rings. The Kier molecular flexibility index (Phi) is 4.29. The van der Waals surface area contributed by atoms with E-state index in [1.165, 1.54) is 35.1 Å². The molecule has 0 bridgehead atoms. The molecule has 0 aliphatic carbocycles. The van der Waals surface area contributed by atoms with Crippen LogP contribution in [0.5, 0.6) is 0 Å². The van der Waals surface area contributed by atoms with Gasteiger partial charge in [0, 0.05) is 5.33 Å². The van der Waals surface area contributed by atoms with E-state index in [-0.39, 0.29) is 11.6 Å². The number of hydrazine groups is 2. The molecule has 1 N–H and O–H groups in total. The molecule has 6 nitrogen and oxygen atoms in total. The number of allylic oxidation sites excluding steroid dienone is 1. The van der Waals surface area contributed by atoms with Gasteiger partial charge in [-0.15, -0.1) is 5.10 Å². The number of rotatable bonds is 4. The smallest absolute Gasteiger partial charge is 0.194 e. The highest BCUT2D eigenvalue weighted by atomic mass is 79.9. The second-order valence-electron chi connectivity index (χ2n) is 5.52. The van der Waals surface area contributed by atoms with Gasteiger partial charge in [0.1, 0.15) is 11.6 Å². The highest BCUT2D eigenvalue weighted by Gasteiger charge is 2.27. The lowest BCUT2D eigenvalue weighted by atomic mass is 10.3. The molecule has 0 spiro atoms. The third-order valence-corrected chi connectivity index (χ3v) is 4.36. The third-order valence-electron chi connectivity index (χ3n) is 3.76. The summed E-state index contributed by atoms with van der Waals surface area (Å²) in [6.45, 7) is 0. The third kappa shape index (κ3) is 3.01. The minimum Gasteiger partial charge on any atom is -0.279 e. The van der Waals surface area contributed by atoms with Gasteiger partial charge in [0.25, 0.3) is 0 Å². The maximum Gasteiger partial charge on any atom is 0.194 e. The molecular weight excluding hydrogens is 406 g/mol. The Hall–Kier alpha value is -2.94. The van der Waals surface area contributed by atoms with Crippen molar-refractivity contribution in [2.75, 3.05) is 15.5 Å². The molecule has 2 aromatic carbocycles. The molecule has 1 aromatic heterocycles. The van der Waals surface area contributed by atoms with Crippen molar-refractivity contribution < 1.29 is 8.78 Å². The number of benzene rings is 2. The van der Waals surface area contributed by atoms with Gasteiger partial charge >= 0.3 is 0 Å².